The molecule has 65 heavy (non-hydrogen) atoms. The molecule has 1 aliphatic heterocycles. The number of hydrogen-bond acceptors (Lipinski definition) is 5. The Hall–Kier alpha value is -8.67. The number of nitrogens with zero attached hydrogens (tertiary/aromatic N) is 3. The van der Waals surface area contributed by atoms with Crippen molar-refractivity contribution in [3.05, 3.63) is 247 Å². The molecule has 13 rings (SSSR count). The maximum absolute atomic E-state index is 7.30. The second-order valence-corrected chi connectivity index (χ2v) is 16.6. The van der Waals surface area contributed by atoms with Crippen LogP contribution in [0.3, 0.4) is 0 Å². The standard InChI is InChI=1S/C60H37N3O2/c1-4-18-39(19-5-1)57-61-58(41-33-34-45-40(37-41)32-31-38-17-10-11-24-44(38)45)63-59(62-57)48-26-13-12-25-46(48)47-28-16-30-52-55(47)65-56-53(64-52)36-35-51-54(56)49-27-14-15-29-50(49)60(51,42-20-6-2-7-21-42)43-22-8-3-9-23-43/h1-37H. The molecule has 0 fully saturated rings. The first-order chi connectivity index (χ1) is 32.2. The zero-order valence-corrected chi connectivity index (χ0v) is 35.0. The lowest BCUT2D eigenvalue weighted by Crippen LogP contribution is -2.28. The Kier molecular flexibility index (Phi) is 8.36. The first-order valence-electron chi connectivity index (χ1n) is 21.9. The van der Waals surface area contributed by atoms with Crippen LogP contribution in [0.2, 0.25) is 0 Å². The van der Waals surface area contributed by atoms with Gasteiger partial charge in [-0.3, -0.25) is 0 Å². The topological polar surface area (TPSA) is 57.1 Å². The second kappa shape index (κ2) is 14.7. The van der Waals surface area contributed by atoms with Crippen LogP contribution in [0.25, 0.3) is 78.0 Å². The van der Waals surface area contributed by atoms with Crippen LogP contribution in [0.4, 0.5) is 0 Å². The summed E-state index contributed by atoms with van der Waals surface area (Å²) in [5.74, 6) is 4.38. The Bertz CT molecular complexity index is 3620. The van der Waals surface area contributed by atoms with E-state index in [2.05, 4.69) is 170 Å². The van der Waals surface area contributed by atoms with Gasteiger partial charge in [-0.25, -0.2) is 15.0 Å². The fourth-order valence-corrected chi connectivity index (χ4v) is 10.2. The highest BCUT2D eigenvalue weighted by Crippen LogP contribution is 2.63. The van der Waals surface area contributed by atoms with Gasteiger partial charge in [0, 0.05) is 27.8 Å². The predicted molar refractivity (Wildman–Crippen MR) is 260 cm³/mol. The number of benzene rings is 10. The van der Waals surface area contributed by atoms with Gasteiger partial charge in [-0.1, -0.05) is 206 Å². The summed E-state index contributed by atoms with van der Waals surface area (Å²) in [5.41, 5.74) is 10.7. The summed E-state index contributed by atoms with van der Waals surface area (Å²) in [6.45, 7) is 0. The van der Waals surface area contributed by atoms with Gasteiger partial charge in [-0.2, -0.15) is 0 Å². The number of hydrogen-bond donors (Lipinski definition) is 0. The molecule has 1 aromatic heterocycles. The van der Waals surface area contributed by atoms with Crippen molar-refractivity contribution in [1.82, 2.24) is 15.0 Å². The molecule has 5 heteroatoms. The van der Waals surface area contributed by atoms with E-state index >= 15 is 0 Å². The fourth-order valence-electron chi connectivity index (χ4n) is 10.2. The minimum atomic E-state index is -0.578. The summed E-state index contributed by atoms with van der Waals surface area (Å²) in [6.07, 6.45) is 0. The Morgan fingerprint density at radius 1 is 0.323 bits per heavy atom. The van der Waals surface area contributed by atoms with Crippen molar-refractivity contribution < 1.29 is 9.47 Å². The normalized spacial score (nSPS) is 13.0. The zero-order chi connectivity index (χ0) is 42.9. The summed E-state index contributed by atoms with van der Waals surface area (Å²) >= 11 is 0. The number of para-hydroxylation sites is 1. The third kappa shape index (κ3) is 5.76. The smallest absolute Gasteiger partial charge is 0.178 e. The Labute approximate surface area is 375 Å². The molecule has 5 nitrogen and oxygen atoms in total. The summed E-state index contributed by atoms with van der Waals surface area (Å²) in [5, 5.41) is 4.73. The summed E-state index contributed by atoms with van der Waals surface area (Å²) in [7, 11) is 0. The molecule has 0 unspecified atom stereocenters. The van der Waals surface area contributed by atoms with Gasteiger partial charge < -0.3 is 9.47 Å². The van der Waals surface area contributed by atoms with Gasteiger partial charge in [-0.15, -0.1) is 0 Å². The van der Waals surface area contributed by atoms with Crippen LogP contribution >= 0.6 is 0 Å². The zero-order valence-electron chi connectivity index (χ0n) is 35.0. The Morgan fingerprint density at radius 3 is 1.69 bits per heavy atom. The molecule has 10 aromatic carbocycles. The third-order valence-electron chi connectivity index (χ3n) is 13.1. The third-order valence-corrected chi connectivity index (χ3v) is 13.1. The van der Waals surface area contributed by atoms with Crippen LogP contribution in [0.5, 0.6) is 23.0 Å². The van der Waals surface area contributed by atoms with Crippen LogP contribution in [-0.2, 0) is 5.41 Å². The van der Waals surface area contributed by atoms with Crippen LogP contribution in [-0.4, -0.2) is 15.0 Å². The van der Waals surface area contributed by atoms with Gasteiger partial charge in [0.05, 0.1) is 5.41 Å². The van der Waals surface area contributed by atoms with E-state index in [0.717, 1.165) is 49.9 Å². The lowest BCUT2D eigenvalue weighted by Gasteiger charge is -2.34. The lowest BCUT2D eigenvalue weighted by atomic mass is 9.68. The quantitative estimate of drug-likeness (QED) is 0.156. The van der Waals surface area contributed by atoms with Crippen molar-refractivity contribution in [3.8, 4) is 79.4 Å². The summed E-state index contributed by atoms with van der Waals surface area (Å²) in [4.78, 5) is 15.5. The molecule has 2 aliphatic rings. The van der Waals surface area contributed by atoms with Crippen molar-refractivity contribution in [3.63, 3.8) is 0 Å². The molecular formula is C60H37N3O2. The molecule has 0 radical (unpaired) electrons. The second-order valence-electron chi connectivity index (χ2n) is 16.6. The van der Waals surface area contributed by atoms with Crippen molar-refractivity contribution in [2.45, 2.75) is 5.41 Å². The lowest BCUT2D eigenvalue weighted by molar-refractivity contribution is 0.361. The molecule has 0 bridgehead atoms. The number of rotatable bonds is 6. The molecule has 0 spiro atoms. The van der Waals surface area contributed by atoms with E-state index < -0.39 is 5.41 Å². The highest BCUT2D eigenvalue weighted by molar-refractivity contribution is 6.08. The molecular weight excluding hydrogens is 795 g/mol. The minimum absolute atomic E-state index is 0.558. The van der Waals surface area contributed by atoms with Gasteiger partial charge in [0.1, 0.15) is 0 Å². The van der Waals surface area contributed by atoms with Crippen molar-refractivity contribution in [1.29, 1.82) is 0 Å². The molecule has 0 saturated carbocycles. The Balaban J connectivity index is 0.974. The predicted octanol–water partition coefficient (Wildman–Crippen LogP) is 15.1. The van der Waals surface area contributed by atoms with E-state index in [4.69, 9.17) is 24.4 Å². The first kappa shape index (κ1) is 36.9. The molecule has 11 aromatic rings. The van der Waals surface area contributed by atoms with Crippen LogP contribution in [0, 0.1) is 0 Å². The molecule has 2 heterocycles. The van der Waals surface area contributed by atoms with Gasteiger partial charge in [-0.05, 0) is 73.1 Å². The molecule has 304 valence electrons. The monoisotopic (exact) mass is 831 g/mol. The average molecular weight is 832 g/mol. The maximum Gasteiger partial charge on any atom is 0.178 e. The van der Waals surface area contributed by atoms with Gasteiger partial charge in [0.25, 0.3) is 0 Å². The van der Waals surface area contributed by atoms with E-state index in [1.165, 1.54) is 32.8 Å². The number of ether oxygens (including phenoxy) is 2. The summed E-state index contributed by atoms with van der Waals surface area (Å²) < 4.78 is 14.2. The number of fused-ring (bicyclic) bond motifs is 9. The first-order valence-corrected chi connectivity index (χ1v) is 21.9. The van der Waals surface area contributed by atoms with Gasteiger partial charge >= 0.3 is 0 Å². The Morgan fingerprint density at radius 2 is 0.908 bits per heavy atom. The average Bonchev–Trinajstić information content (AvgIpc) is 3.70. The van der Waals surface area contributed by atoms with E-state index in [-0.39, 0.29) is 0 Å². The molecule has 0 amide bonds. The molecule has 0 saturated heterocycles. The van der Waals surface area contributed by atoms with Crippen molar-refractivity contribution in [2.24, 2.45) is 0 Å². The number of aromatic nitrogens is 3. The van der Waals surface area contributed by atoms with E-state index in [1.54, 1.807) is 0 Å². The van der Waals surface area contributed by atoms with Crippen LogP contribution in [0.15, 0.2) is 224 Å². The highest BCUT2D eigenvalue weighted by atomic mass is 16.6. The van der Waals surface area contributed by atoms with Crippen molar-refractivity contribution >= 4 is 21.5 Å². The van der Waals surface area contributed by atoms with Gasteiger partial charge in [0.15, 0.2) is 40.5 Å². The van der Waals surface area contributed by atoms with E-state index in [1.807, 2.05) is 54.6 Å². The molecule has 1 aliphatic carbocycles. The van der Waals surface area contributed by atoms with Crippen molar-refractivity contribution in [2.75, 3.05) is 0 Å². The SMILES string of the molecule is c1ccc(-c2nc(-c3ccc4c(ccc5ccccc54)c3)nc(-c3ccccc3-c3cccc4c3Oc3c(ccc5c3-c3ccccc3C5(c3ccccc3)c3ccccc3)O4)n2)cc1. The largest absolute Gasteiger partial charge is 0.449 e. The highest BCUT2D eigenvalue weighted by Gasteiger charge is 2.48. The molecule has 0 atom stereocenters. The van der Waals surface area contributed by atoms with E-state index in [0.29, 0.717) is 40.5 Å². The maximum atomic E-state index is 7.30. The van der Waals surface area contributed by atoms with Gasteiger partial charge in [0.2, 0.25) is 0 Å². The summed E-state index contributed by atoms with van der Waals surface area (Å²) in [6, 6.07) is 78.4. The minimum Gasteiger partial charge on any atom is -0.449 e. The van der Waals surface area contributed by atoms with Crippen LogP contribution < -0.4 is 9.47 Å². The van der Waals surface area contributed by atoms with Crippen LogP contribution in [0.1, 0.15) is 22.3 Å². The molecule has 0 N–H and O–H groups in total. The fraction of sp³-hybridized carbons (Fsp3) is 0.0167. The van der Waals surface area contributed by atoms with E-state index in [9.17, 15) is 0 Å².